The fourth-order valence-corrected chi connectivity index (χ4v) is 4.70. The van der Waals surface area contributed by atoms with Crippen molar-refractivity contribution in [1.29, 1.82) is 0 Å². The molecule has 1 atom stereocenters. The molecule has 0 saturated carbocycles. The summed E-state index contributed by atoms with van der Waals surface area (Å²) in [5, 5.41) is 11.4. The summed E-state index contributed by atoms with van der Waals surface area (Å²) in [6.07, 6.45) is 9.46. The normalized spacial score (nSPS) is 20.7. The maximum Gasteiger partial charge on any atom is 0.274 e. The standard InChI is InChI=1S/C19H27N5OS/c1-23-16-7-6-14(21-13-17-20-8-11-26-17)12-15(16)18(22-23)19(25)24-9-4-2-3-5-10-24/h8,11,14,21H,2-7,9-10,12-13H2,1H3. The van der Waals surface area contributed by atoms with Crippen molar-refractivity contribution in [2.24, 2.45) is 7.05 Å². The average molecular weight is 374 g/mol. The van der Waals surface area contributed by atoms with Crippen LogP contribution in [0.2, 0.25) is 0 Å². The molecule has 1 amide bonds. The Morgan fingerprint density at radius 3 is 2.85 bits per heavy atom. The van der Waals surface area contributed by atoms with E-state index in [9.17, 15) is 4.79 Å². The molecule has 0 aromatic carbocycles. The number of rotatable bonds is 4. The van der Waals surface area contributed by atoms with Gasteiger partial charge >= 0.3 is 0 Å². The highest BCUT2D eigenvalue weighted by Gasteiger charge is 2.30. The quantitative estimate of drug-likeness (QED) is 0.895. The minimum Gasteiger partial charge on any atom is -0.337 e. The van der Waals surface area contributed by atoms with Crippen LogP contribution < -0.4 is 5.32 Å². The van der Waals surface area contributed by atoms with Gasteiger partial charge in [-0.15, -0.1) is 11.3 Å². The second-order valence-electron chi connectivity index (χ2n) is 7.35. The largest absolute Gasteiger partial charge is 0.337 e. The van der Waals surface area contributed by atoms with Gasteiger partial charge in [0.2, 0.25) is 0 Å². The number of aromatic nitrogens is 3. The molecule has 0 bridgehead atoms. The molecule has 0 radical (unpaired) electrons. The molecule has 2 aliphatic rings. The summed E-state index contributed by atoms with van der Waals surface area (Å²) in [6.45, 7) is 2.54. The fraction of sp³-hybridized carbons (Fsp3) is 0.632. The van der Waals surface area contributed by atoms with Crippen LogP contribution in [0.5, 0.6) is 0 Å². The highest BCUT2D eigenvalue weighted by atomic mass is 32.1. The Morgan fingerprint density at radius 2 is 2.12 bits per heavy atom. The lowest BCUT2D eigenvalue weighted by Crippen LogP contribution is -2.36. The van der Waals surface area contributed by atoms with E-state index in [1.807, 2.05) is 28.2 Å². The van der Waals surface area contributed by atoms with Crippen LogP contribution in [0.3, 0.4) is 0 Å². The van der Waals surface area contributed by atoms with Crippen molar-refractivity contribution >= 4 is 17.2 Å². The highest BCUT2D eigenvalue weighted by Crippen LogP contribution is 2.26. The summed E-state index contributed by atoms with van der Waals surface area (Å²) in [5.41, 5.74) is 3.07. The van der Waals surface area contributed by atoms with E-state index in [0.717, 1.165) is 62.3 Å². The number of nitrogens with zero attached hydrogens (tertiary/aromatic N) is 4. The van der Waals surface area contributed by atoms with E-state index in [1.165, 1.54) is 18.5 Å². The van der Waals surface area contributed by atoms with Crippen LogP contribution in [0.25, 0.3) is 0 Å². The van der Waals surface area contributed by atoms with Crippen LogP contribution in [0.1, 0.15) is 58.9 Å². The van der Waals surface area contributed by atoms with Crippen molar-refractivity contribution in [3.63, 3.8) is 0 Å². The zero-order chi connectivity index (χ0) is 17.9. The summed E-state index contributed by atoms with van der Waals surface area (Å²) >= 11 is 1.68. The molecule has 1 unspecified atom stereocenters. The van der Waals surface area contributed by atoms with E-state index in [1.54, 1.807) is 11.3 Å². The molecule has 3 heterocycles. The number of fused-ring (bicyclic) bond motifs is 1. The molecule has 1 aliphatic heterocycles. The van der Waals surface area contributed by atoms with Gasteiger partial charge in [0.05, 0.1) is 0 Å². The van der Waals surface area contributed by atoms with Gasteiger partial charge in [0.1, 0.15) is 5.01 Å². The third-order valence-corrected chi connectivity index (χ3v) is 6.36. The van der Waals surface area contributed by atoms with E-state index in [2.05, 4.69) is 15.4 Å². The predicted octanol–water partition coefficient (Wildman–Crippen LogP) is 2.54. The van der Waals surface area contributed by atoms with Gasteiger partial charge in [0, 0.05) is 55.6 Å². The van der Waals surface area contributed by atoms with Gasteiger partial charge in [0.15, 0.2) is 5.69 Å². The van der Waals surface area contributed by atoms with Crippen molar-refractivity contribution in [2.45, 2.75) is 57.5 Å². The lowest BCUT2D eigenvalue weighted by atomic mass is 9.91. The van der Waals surface area contributed by atoms with Crippen molar-refractivity contribution in [1.82, 2.24) is 25.0 Å². The van der Waals surface area contributed by atoms with Gasteiger partial charge < -0.3 is 10.2 Å². The molecule has 26 heavy (non-hydrogen) atoms. The molecule has 1 saturated heterocycles. The monoisotopic (exact) mass is 373 g/mol. The summed E-state index contributed by atoms with van der Waals surface area (Å²) < 4.78 is 1.93. The first-order chi connectivity index (χ1) is 12.7. The molecular weight excluding hydrogens is 346 g/mol. The molecule has 0 spiro atoms. The smallest absolute Gasteiger partial charge is 0.274 e. The topological polar surface area (TPSA) is 63.1 Å². The first-order valence-electron chi connectivity index (χ1n) is 9.68. The van der Waals surface area contributed by atoms with Crippen molar-refractivity contribution in [3.8, 4) is 0 Å². The Bertz CT molecular complexity index is 746. The minimum absolute atomic E-state index is 0.129. The van der Waals surface area contributed by atoms with Gasteiger partial charge in [-0.1, -0.05) is 12.8 Å². The van der Waals surface area contributed by atoms with Crippen LogP contribution in [0.4, 0.5) is 0 Å². The Kier molecular flexibility index (Phi) is 5.36. The Hall–Kier alpha value is -1.73. The van der Waals surface area contributed by atoms with E-state index in [4.69, 9.17) is 0 Å². The van der Waals surface area contributed by atoms with Crippen molar-refractivity contribution in [3.05, 3.63) is 33.5 Å². The molecule has 2 aromatic heterocycles. The van der Waals surface area contributed by atoms with E-state index in [0.29, 0.717) is 11.7 Å². The lowest BCUT2D eigenvalue weighted by molar-refractivity contribution is 0.0753. The molecule has 4 rings (SSSR count). The fourth-order valence-electron chi connectivity index (χ4n) is 4.13. The molecule has 140 valence electrons. The molecule has 7 heteroatoms. The molecule has 2 aromatic rings. The number of carbonyl (C=O) groups excluding carboxylic acids is 1. The molecule has 1 fully saturated rings. The summed E-state index contributed by atoms with van der Waals surface area (Å²) in [7, 11) is 1.97. The zero-order valence-corrected chi connectivity index (χ0v) is 16.2. The molecule has 6 nitrogen and oxygen atoms in total. The van der Waals surface area contributed by atoms with Crippen LogP contribution in [-0.4, -0.2) is 44.7 Å². The number of amides is 1. The number of hydrogen-bond donors (Lipinski definition) is 1. The Balaban J connectivity index is 1.49. The van der Waals surface area contributed by atoms with E-state index in [-0.39, 0.29) is 5.91 Å². The number of aryl methyl sites for hydroxylation is 1. The Labute approximate surface area is 158 Å². The number of likely N-dealkylation sites (tertiary alicyclic amines) is 1. The summed E-state index contributed by atoms with van der Waals surface area (Å²) in [6, 6.07) is 0.381. The van der Waals surface area contributed by atoms with Gasteiger partial charge in [-0.25, -0.2) is 4.98 Å². The molecule has 1 N–H and O–H groups in total. The maximum atomic E-state index is 13.1. The SMILES string of the molecule is Cn1nc(C(=O)N2CCCCCC2)c2c1CCC(NCc1nccs1)C2. The van der Waals surface area contributed by atoms with Crippen LogP contribution in [0, 0.1) is 0 Å². The number of carbonyl (C=O) groups is 1. The molecule has 1 aliphatic carbocycles. The summed E-state index contributed by atoms with van der Waals surface area (Å²) in [4.78, 5) is 19.5. The van der Waals surface area contributed by atoms with E-state index < -0.39 is 0 Å². The first-order valence-corrected chi connectivity index (χ1v) is 10.6. The zero-order valence-electron chi connectivity index (χ0n) is 15.4. The third kappa shape index (κ3) is 3.69. The summed E-state index contributed by atoms with van der Waals surface area (Å²) in [5.74, 6) is 0.129. The lowest BCUT2D eigenvalue weighted by Gasteiger charge is -2.25. The second-order valence-corrected chi connectivity index (χ2v) is 8.33. The average Bonchev–Trinajstić information content (AvgIpc) is 3.19. The number of hydrogen-bond acceptors (Lipinski definition) is 5. The van der Waals surface area contributed by atoms with Gasteiger partial charge in [-0.05, 0) is 32.1 Å². The van der Waals surface area contributed by atoms with Crippen molar-refractivity contribution in [2.75, 3.05) is 13.1 Å². The predicted molar refractivity (Wildman–Crippen MR) is 102 cm³/mol. The second kappa shape index (κ2) is 7.88. The maximum absolute atomic E-state index is 13.1. The first kappa shape index (κ1) is 17.7. The highest BCUT2D eigenvalue weighted by molar-refractivity contribution is 7.09. The van der Waals surface area contributed by atoms with Gasteiger partial charge in [0.25, 0.3) is 5.91 Å². The van der Waals surface area contributed by atoms with Crippen molar-refractivity contribution < 1.29 is 4.79 Å². The Morgan fingerprint density at radius 1 is 1.31 bits per heavy atom. The van der Waals surface area contributed by atoms with Crippen LogP contribution >= 0.6 is 11.3 Å². The van der Waals surface area contributed by atoms with Crippen LogP contribution in [-0.2, 0) is 26.4 Å². The number of nitrogens with one attached hydrogen (secondary N) is 1. The van der Waals surface area contributed by atoms with E-state index >= 15 is 0 Å². The van der Waals surface area contributed by atoms with Gasteiger partial charge in [-0.2, -0.15) is 5.10 Å². The number of thiazole rings is 1. The van der Waals surface area contributed by atoms with Gasteiger partial charge in [-0.3, -0.25) is 9.48 Å². The van der Waals surface area contributed by atoms with Crippen LogP contribution in [0.15, 0.2) is 11.6 Å². The molecular formula is C19H27N5OS. The minimum atomic E-state index is 0.129. The third-order valence-electron chi connectivity index (χ3n) is 5.58.